The molecular formula is C23H34N4O5. The summed E-state index contributed by atoms with van der Waals surface area (Å²) >= 11 is 0. The molecule has 4 atom stereocenters. The van der Waals surface area contributed by atoms with Crippen LogP contribution >= 0.6 is 0 Å². The zero-order valence-electron chi connectivity index (χ0n) is 18.9. The summed E-state index contributed by atoms with van der Waals surface area (Å²) in [7, 11) is 0. The first kappa shape index (κ1) is 25.3. The van der Waals surface area contributed by atoms with E-state index >= 15 is 0 Å². The molecular weight excluding hydrogens is 412 g/mol. The van der Waals surface area contributed by atoms with E-state index in [1.54, 1.807) is 0 Å². The molecule has 0 bridgehead atoms. The molecule has 2 rings (SSSR count). The van der Waals surface area contributed by atoms with E-state index in [0.29, 0.717) is 25.8 Å². The number of rotatable bonds is 10. The lowest BCUT2D eigenvalue weighted by atomic mass is 10.0. The third kappa shape index (κ3) is 7.05. The molecule has 5 N–H and O–H groups in total. The predicted octanol–water partition coefficient (Wildman–Crippen LogP) is 0.668. The number of hydrogen-bond donors (Lipinski definition) is 4. The molecule has 9 heteroatoms. The third-order valence-corrected chi connectivity index (χ3v) is 5.53. The molecule has 1 aliphatic heterocycles. The van der Waals surface area contributed by atoms with Crippen LogP contribution in [0.15, 0.2) is 30.3 Å². The van der Waals surface area contributed by atoms with Gasteiger partial charge in [-0.1, -0.05) is 44.2 Å². The fourth-order valence-corrected chi connectivity index (χ4v) is 3.83. The average Bonchev–Trinajstić information content (AvgIpc) is 3.23. The SMILES string of the molecule is CC(C)CC(N)C(=O)NC(C)C(=O)NC(Cc1ccccc1)C(=O)N1CCCC1C(=O)O. The normalized spacial score (nSPS) is 18.7. The van der Waals surface area contributed by atoms with Gasteiger partial charge in [-0.3, -0.25) is 14.4 Å². The van der Waals surface area contributed by atoms with Crippen LogP contribution in [0.1, 0.15) is 45.6 Å². The second-order valence-corrected chi connectivity index (χ2v) is 8.75. The maximum absolute atomic E-state index is 13.2. The first-order chi connectivity index (χ1) is 15.1. The highest BCUT2D eigenvalue weighted by Gasteiger charge is 2.38. The highest BCUT2D eigenvalue weighted by molar-refractivity contribution is 5.94. The number of carbonyl (C=O) groups is 4. The zero-order chi connectivity index (χ0) is 23.8. The van der Waals surface area contributed by atoms with Gasteiger partial charge in [-0.15, -0.1) is 0 Å². The standard InChI is InChI=1S/C23H34N4O5/c1-14(2)12-17(24)21(29)25-15(3)20(28)26-18(13-16-8-5-4-6-9-16)22(30)27-11-7-10-19(27)23(31)32/h4-6,8-9,14-15,17-19H,7,10-13,24H2,1-3H3,(H,25,29)(H,26,28)(H,31,32). The summed E-state index contributed by atoms with van der Waals surface area (Å²) in [5.41, 5.74) is 6.71. The van der Waals surface area contributed by atoms with Gasteiger partial charge in [0.2, 0.25) is 17.7 Å². The lowest BCUT2D eigenvalue weighted by molar-refractivity contribution is -0.149. The minimum absolute atomic E-state index is 0.210. The van der Waals surface area contributed by atoms with Gasteiger partial charge in [-0.2, -0.15) is 0 Å². The molecule has 0 radical (unpaired) electrons. The van der Waals surface area contributed by atoms with Crippen molar-refractivity contribution in [2.24, 2.45) is 11.7 Å². The molecule has 1 aliphatic rings. The lowest BCUT2D eigenvalue weighted by Gasteiger charge is -2.28. The molecule has 1 aromatic rings. The summed E-state index contributed by atoms with van der Waals surface area (Å²) in [6.45, 7) is 5.75. The summed E-state index contributed by atoms with van der Waals surface area (Å²) < 4.78 is 0. The maximum Gasteiger partial charge on any atom is 0.326 e. The Morgan fingerprint density at radius 3 is 2.34 bits per heavy atom. The molecule has 0 aromatic heterocycles. The number of benzene rings is 1. The van der Waals surface area contributed by atoms with Crippen molar-refractivity contribution in [3.05, 3.63) is 35.9 Å². The predicted molar refractivity (Wildman–Crippen MR) is 119 cm³/mol. The smallest absolute Gasteiger partial charge is 0.326 e. The number of aliphatic carboxylic acids is 1. The number of amides is 3. The van der Waals surface area contributed by atoms with Crippen molar-refractivity contribution < 1.29 is 24.3 Å². The number of nitrogens with two attached hydrogens (primary N) is 1. The second kappa shape index (κ2) is 11.6. The number of likely N-dealkylation sites (tertiary alicyclic amines) is 1. The van der Waals surface area contributed by atoms with E-state index in [1.807, 2.05) is 44.2 Å². The van der Waals surface area contributed by atoms with E-state index in [-0.39, 0.29) is 12.3 Å². The van der Waals surface area contributed by atoms with Crippen molar-refractivity contribution >= 4 is 23.7 Å². The highest BCUT2D eigenvalue weighted by Crippen LogP contribution is 2.19. The Kier molecular flexibility index (Phi) is 9.19. The Hall–Kier alpha value is -2.94. The van der Waals surface area contributed by atoms with Crippen LogP contribution < -0.4 is 16.4 Å². The quantitative estimate of drug-likeness (QED) is 0.416. The lowest BCUT2D eigenvalue weighted by Crippen LogP contribution is -2.57. The summed E-state index contributed by atoms with van der Waals surface area (Å²) in [6, 6.07) is 5.69. The molecule has 0 saturated carbocycles. The number of hydrogen-bond acceptors (Lipinski definition) is 5. The molecule has 176 valence electrons. The van der Waals surface area contributed by atoms with E-state index < -0.39 is 47.9 Å². The number of nitrogens with one attached hydrogen (secondary N) is 2. The van der Waals surface area contributed by atoms with Gasteiger partial charge in [0.15, 0.2) is 0 Å². The number of nitrogens with zero attached hydrogens (tertiary/aromatic N) is 1. The van der Waals surface area contributed by atoms with E-state index in [9.17, 15) is 24.3 Å². The fourth-order valence-electron chi connectivity index (χ4n) is 3.83. The van der Waals surface area contributed by atoms with Crippen molar-refractivity contribution in [3.8, 4) is 0 Å². The Morgan fingerprint density at radius 2 is 1.75 bits per heavy atom. The fraction of sp³-hybridized carbons (Fsp3) is 0.565. The van der Waals surface area contributed by atoms with Crippen LogP contribution in [0.25, 0.3) is 0 Å². The molecule has 0 aliphatic carbocycles. The topological polar surface area (TPSA) is 142 Å². The first-order valence-corrected chi connectivity index (χ1v) is 11.0. The third-order valence-electron chi connectivity index (χ3n) is 5.53. The van der Waals surface area contributed by atoms with Gasteiger partial charge >= 0.3 is 5.97 Å². The molecule has 4 unspecified atom stereocenters. The maximum atomic E-state index is 13.2. The Morgan fingerprint density at radius 1 is 1.09 bits per heavy atom. The summed E-state index contributed by atoms with van der Waals surface area (Å²) in [5, 5.41) is 14.7. The van der Waals surface area contributed by atoms with Crippen molar-refractivity contribution in [2.75, 3.05) is 6.54 Å². The number of carbonyl (C=O) groups excluding carboxylic acids is 3. The number of carboxylic acids is 1. The van der Waals surface area contributed by atoms with Crippen molar-refractivity contribution in [3.63, 3.8) is 0 Å². The molecule has 1 heterocycles. The van der Waals surface area contributed by atoms with Gasteiger partial charge in [-0.05, 0) is 37.7 Å². The van der Waals surface area contributed by atoms with Gasteiger partial charge < -0.3 is 26.4 Å². The Labute approximate surface area is 188 Å². The second-order valence-electron chi connectivity index (χ2n) is 8.75. The molecule has 0 spiro atoms. The monoisotopic (exact) mass is 446 g/mol. The first-order valence-electron chi connectivity index (χ1n) is 11.0. The van der Waals surface area contributed by atoms with Crippen LogP contribution in [0.2, 0.25) is 0 Å². The van der Waals surface area contributed by atoms with Gasteiger partial charge in [-0.25, -0.2) is 4.79 Å². The van der Waals surface area contributed by atoms with Crippen LogP contribution in [0.3, 0.4) is 0 Å². The van der Waals surface area contributed by atoms with Crippen LogP contribution in [-0.2, 0) is 25.6 Å². The van der Waals surface area contributed by atoms with Gasteiger partial charge in [0.05, 0.1) is 6.04 Å². The molecule has 3 amide bonds. The van der Waals surface area contributed by atoms with Crippen molar-refractivity contribution in [1.29, 1.82) is 0 Å². The molecule has 1 aromatic carbocycles. The molecule has 1 fully saturated rings. The van der Waals surface area contributed by atoms with Crippen molar-refractivity contribution in [1.82, 2.24) is 15.5 Å². The van der Waals surface area contributed by atoms with E-state index in [0.717, 1.165) is 5.56 Å². The molecule has 1 saturated heterocycles. The average molecular weight is 447 g/mol. The largest absolute Gasteiger partial charge is 0.480 e. The number of carboxylic acid groups (broad SMARTS) is 1. The van der Waals surface area contributed by atoms with E-state index in [4.69, 9.17) is 5.73 Å². The van der Waals surface area contributed by atoms with Crippen LogP contribution in [-0.4, -0.2) is 64.4 Å². The van der Waals surface area contributed by atoms with Gasteiger partial charge in [0.1, 0.15) is 18.1 Å². The van der Waals surface area contributed by atoms with Gasteiger partial charge in [0.25, 0.3) is 0 Å². The summed E-state index contributed by atoms with van der Waals surface area (Å²) in [4.78, 5) is 51.2. The minimum Gasteiger partial charge on any atom is -0.480 e. The van der Waals surface area contributed by atoms with Crippen molar-refractivity contribution in [2.45, 2.75) is 70.6 Å². The van der Waals surface area contributed by atoms with E-state index in [2.05, 4.69) is 10.6 Å². The van der Waals surface area contributed by atoms with Crippen LogP contribution in [0, 0.1) is 5.92 Å². The molecule has 32 heavy (non-hydrogen) atoms. The zero-order valence-corrected chi connectivity index (χ0v) is 18.9. The minimum atomic E-state index is -1.06. The highest BCUT2D eigenvalue weighted by atomic mass is 16.4. The summed E-state index contributed by atoms with van der Waals surface area (Å²) in [5.74, 6) is -2.23. The molecule has 9 nitrogen and oxygen atoms in total. The van der Waals surface area contributed by atoms with Crippen LogP contribution in [0.5, 0.6) is 0 Å². The summed E-state index contributed by atoms with van der Waals surface area (Å²) in [6.07, 6.45) is 1.67. The Balaban J connectivity index is 2.11. The van der Waals surface area contributed by atoms with Gasteiger partial charge in [0, 0.05) is 13.0 Å². The van der Waals surface area contributed by atoms with E-state index in [1.165, 1.54) is 11.8 Å². The Bertz CT molecular complexity index is 814. The van der Waals surface area contributed by atoms with Crippen LogP contribution in [0.4, 0.5) is 0 Å².